The summed E-state index contributed by atoms with van der Waals surface area (Å²) in [7, 11) is 0. The summed E-state index contributed by atoms with van der Waals surface area (Å²) in [5, 5.41) is 1.18. The van der Waals surface area contributed by atoms with Crippen molar-refractivity contribution in [2.24, 2.45) is 0 Å². The van der Waals surface area contributed by atoms with Gasteiger partial charge in [0.1, 0.15) is 5.82 Å². The van der Waals surface area contributed by atoms with Crippen LogP contribution in [0.5, 0.6) is 0 Å². The molecule has 2 N–H and O–H groups in total. The van der Waals surface area contributed by atoms with Gasteiger partial charge in [0.15, 0.2) is 0 Å². The predicted molar refractivity (Wildman–Crippen MR) is 113 cm³/mol. The van der Waals surface area contributed by atoms with Crippen molar-refractivity contribution in [3.05, 3.63) is 77.4 Å². The van der Waals surface area contributed by atoms with Crippen molar-refractivity contribution in [1.82, 2.24) is 15.0 Å². The molecule has 0 amide bonds. The van der Waals surface area contributed by atoms with Crippen molar-refractivity contribution in [2.75, 3.05) is 0 Å². The number of imidazole rings is 1. The van der Waals surface area contributed by atoms with Crippen LogP contribution < -0.4 is 0 Å². The number of para-hydroxylation sites is 1. The van der Waals surface area contributed by atoms with E-state index in [2.05, 4.69) is 91.4 Å². The molecule has 0 fully saturated rings. The molecule has 0 spiro atoms. The molecule has 0 aliphatic rings. The molecule has 5 rings (SSSR count). The second-order valence-electron chi connectivity index (χ2n) is 7.27. The number of nitrogens with one attached hydrogen (secondary N) is 2. The largest absolute Gasteiger partial charge is 0.354 e. The fourth-order valence-corrected chi connectivity index (χ4v) is 3.83. The number of benzene rings is 3. The maximum absolute atomic E-state index is 4.95. The molecule has 0 aliphatic carbocycles. The molecule has 2 heterocycles. The van der Waals surface area contributed by atoms with Gasteiger partial charge in [-0.3, -0.25) is 0 Å². The van der Waals surface area contributed by atoms with Gasteiger partial charge in [0.2, 0.25) is 0 Å². The summed E-state index contributed by atoms with van der Waals surface area (Å²) in [5.74, 6) is 0.908. The highest BCUT2D eigenvalue weighted by atomic mass is 14.9. The van der Waals surface area contributed by atoms with Crippen molar-refractivity contribution < 1.29 is 0 Å². The zero-order chi connectivity index (χ0) is 18.5. The van der Waals surface area contributed by atoms with Gasteiger partial charge in [-0.2, -0.15) is 0 Å². The monoisotopic (exact) mass is 351 g/mol. The van der Waals surface area contributed by atoms with Crippen molar-refractivity contribution >= 4 is 21.9 Å². The molecule has 3 aromatic carbocycles. The minimum Gasteiger partial charge on any atom is -0.354 e. The molecule has 0 saturated heterocycles. The van der Waals surface area contributed by atoms with E-state index in [4.69, 9.17) is 4.98 Å². The second kappa shape index (κ2) is 5.85. The molecule has 0 radical (unpaired) electrons. The molecule has 2 aromatic heterocycles. The maximum atomic E-state index is 4.95. The van der Waals surface area contributed by atoms with Crippen LogP contribution >= 0.6 is 0 Å². The molecule has 5 aromatic rings. The summed E-state index contributed by atoms with van der Waals surface area (Å²) in [5.41, 5.74) is 10.4. The Kier molecular flexibility index (Phi) is 3.44. The van der Waals surface area contributed by atoms with Gasteiger partial charge in [0.25, 0.3) is 0 Å². The van der Waals surface area contributed by atoms with Gasteiger partial charge in [-0.25, -0.2) is 4.98 Å². The Morgan fingerprint density at radius 2 is 1.44 bits per heavy atom. The molecular formula is C24H21N3. The van der Waals surface area contributed by atoms with E-state index in [1.165, 1.54) is 27.6 Å². The fraction of sp³-hybridized carbons (Fsp3) is 0.125. The number of nitrogens with zero attached hydrogens (tertiary/aromatic N) is 1. The molecule has 3 heteroatoms. The van der Waals surface area contributed by atoms with Crippen LogP contribution in [-0.4, -0.2) is 15.0 Å². The van der Waals surface area contributed by atoms with Crippen LogP contribution in [0.1, 0.15) is 16.7 Å². The lowest BCUT2D eigenvalue weighted by atomic mass is 10.0. The average Bonchev–Trinajstić information content (AvgIpc) is 3.23. The Morgan fingerprint density at radius 1 is 0.704 bits per heavy atom. The summed E-state index contributed by atoms with van der Waals surface area (Å²) < 4.78 is 0. The van der Waals surface area contributed by atoms with Crippen molar-refractivity contribution in [2.45, 2.75) is 20.8 Å². The lowest BCUT2D eigenvalue weighted by molar-refractivity contribution is 1.33. The van der Waals surface area contributed by atoms with Crippen LogP contribution in [0, 0.1) is 20.8 Å². The molecule has 132 valence electrons. The summed E-state index contributed by atoms with van der Waals surface area (Å²) in [6.07, 6.45) is 0. The van der Waals surface area contributed by atoms with Crippen LogP contribution in [0.2, 0.25) is 0 Å². The predicted octanol–water partition coefficient (Wildman–Crippen LogP) is 6.30. The third kappa shape index (κ3) is 2.47. The third-order valence-corrected chi connectivity index (χ3v) is 5.45. The molecule has 0 atom stereocenters. The highest BCUT2D eigenvalue weighted by Gasteiger charge is 2.19. The molecular weight excluding hydrogens is 330 g/mol. The van der Waals surface area contributed by atoms with Gasteiger partial charge < -0.3 is 9.97 Å². The SMILES string of the molecule is Cc1cc2nc(-c3c(-c4ccccc4C)[nH]c4ccccc34)[nH]c2cc1C. The highest BCUT2D eigenvalue weighted by Crippen LogP contribution is 2.38. The van der Waals surface area contributed by atoms with E-state index in [-0.39, 0.29) is 0 Å². The first-order valence-electron chi connectivity index (χ1n) is 9.26. The summed E-state index contributed by atoms with van der Waals surface area (Å²) >= 11 is 0. The summed E-state index contributed by atoms with van der Waals surface area (Å²) in [4.78, 5) is 12.1. The van der Waals surface area contributed by atoms with E-state index in [0.29, 0.717) is 0 Å². The number of fused-ring (bicyclic) bond motifs is 2. The van der Waals surface area contributed by atoms with Gasteiger partial charge >= 0.3 is 0 Å². The van der Waals surface area contributed by atoms with Gasteiger partial charge in [0, 0.05) is 16.5 Å². The Hall–Kier alpha value is -3.33. The standard InChI is InChI=1S/C24H21N3/c1-14-8-4-5-9-17(14)23-22(18-10-6-7-11-19(18)25-23)24-26-20-12-15(2)16(3)13-21(20)27-24/h4-13,25H,1-3H3,(H,26,27). The van der Waals surface area contributed by atoms with Crippen molar-refractivity contribution in [1.29, 1.82) is 0 Å². The molecule has 27 heavy (non-hydrogen) atoms. The minimum absolute atomic E-state index is 0.908. The Labute approximate surface area is 158 Å². The second-order valence-corrected chi connectivity index (χ2v) is 7.27. The lowest BCUT2D eigenvalue weighted by Crippen LogP contribution is -1.87. The normalized spacial score (nSPS) is 11.5. The van der Waals surface area contributed by atoms with E-state index in [9.17, 15) is 0 Å². The maximum Gasteiger partial charge on any atom is 0.141 e. The van der Waals surface area contributed by atoms with Crippen molar-refractivity contribution in [3.63, 3.8) is 0 Å². The molecule has 0 aliphatic heterocycles. The van der Waals surface area contributed by atoms with Gasteiger partial charge in [0.05, 0.1) is 22.3 Å². The fourth-order valence-electron chi connectivity index (χ4n) is 3.83. The zero-order valence-electron chi connectivity index (χ0n) is 15.7. The van der Waals surface area contributed by atoms with Gasteiger partial charge in [-0.1, -0.05) is 42.5 Å². The molecule has 3 nitrogen and oxygen atoms in total. The smallest absolute Gasteiger partial charge is 0.141 e. The summed E-state index contributed by atoms with van der Waals surface area (Å²) in [6.45, 7) is 6.42. The first kappa shape index (κ1) is 15.9. The van der Waals surface area contributed by atoms with E-state index >= 15 is 0 Å². The van der Waals surface area contributed by atoms with Gasteiger partial charge in [-0.15, -0.1) is 0 Å². The highest BCUT2D eigenvalue weighted by molar-refractivity contribution is 6.03. The lowest BCUT2D eigenvalue weighted by Gasteiger charge is -2.06. The average molecular weight is 351 g/mol. The first-order valence-corrected chi connectivity index (χ1v) is 9.26. The quantitative estimate of drug-likeness (QED) is 0.385. The van der Waals surface area contributed by atoms with Crippen LogP contribution in [0.15, 0.2) is 60.7 Å². The topological polar surface area (TPSA) is 44.5 Å². The number of aromatic nitrogens is 3. The van der Waals surface area contributed by atoms with Crippen LogP contribution in [0.3, 0.4) is 0 Å². The number of H-pyrrole nitrogens is 2. The van der Waals surface area contributed by atoms with E-state index in [1.54, 1.807) is 0 Å². The van der Waals surface area contributed by atoms with Crippen LogP contribution in [0.4, 0.5) is 0 Å². The van der Waals surface area contributed by atoms with Gasteiger partial charge in [-0.05, 0) is 55.7 Å². The number of hydrogen-bond acceptors (Lipinski definition) is 1. The summed E-state index contributed by atoms with van der Waals surface area (Å²) in [6, 6.07) is 21.3. The Balaban J connectivity index is 1.85. The van der Waals surface area contributed by atoms with Crippen molar-refractivity contribution in [3.8, 4) is 22.6 Å². The van der Waals surface area contributed by atoms with E-state index < -0.39 is 0 Å². The first-order chi connectivity index (χ1) is 13.1. The van der Waals surface area contributed by atoms with E-state index in [0.717, 1.165) is 33.6 Å². The Bertz CT molecular complexity index is 1270. The number of aryl methyl sites for hydroxylation is 3. The van der Waals surface area contributed by atoms with Crippen LogP contribution in [-0.2, 0) is 0 Å². The molecule has 0 saturated carbocycles. The number of rotatable bonds is 2. The number of aromatic amines is 2. The minimum atomic E-state index is 0.908. The number of hydrogen-bond donors (Lipinski definition) is 2. The Morgan fingerprint density at radius 3 is 2.30 bits per heavy atom. The molecule has 0 bridgehead atoms. The molecule has 0 unspecified atom stereocenters. The third-order valence-electron chi connectivity index (χ3n) is 5.45. The zero-order valence-corrected chi connectivity index (χ0v) is 15.7. The van der Waals surface area contributed by atoms with E-state index in [1.807, 2.05) is 0 Å². The van der Waals surface area contributed by atoms with Crippen LogP contribution in [0.25, 0.3) is 44.6 Å².